The maximum absolute atomic E-state index is 13.4. The average molecular weight is 508 g/mol. The molecular formula is C26H29N5O4S. The van der Waals surface area contributed by atoms with Crippen LogP contribution in [-0.2, 0) is 4.79 Å². The largest absolute Gasteiger partial charge is 0.457 e. The van der Waals surface area contributed by atoms with Crippen LogP contribution in [0, 0.1) is 5.92 Å². The molecule has 6 rings (SSSR count). The average Bonchev–Trinajstić information content (AvgIpc) is 3.25. The molecule has 2 aromatic carbocycles. The third-order valence-electron chi connectivity index (χ3n) is 7.16. The highest BCUT2D eigenvalue weighted by molar-refractivity contribution is 8.04. The van der Waals surface area contributed by atoms with Crippen LogP contribution in [-0.4, -0.2) is 53.8 Å². The molecule has 4 aliphatic rings. The number of nitrogens with one attached hydrogen (secondary N) is 4. The second-order valence-electron chi connectivity index (χ2n) is 9.49. The van der Waals surface area contributed by atoms with Crippen molar-refractivity contribution in [3.05, 3.63) is 65.2 Å². The first-order valence-electron chi connectivity index (χ1n) is 12.4. The summed E-state index contributed by atoms with van der Waals surface area (Å²) in [6, 6.07) is 16.7. The summed E-state index contributed by atoms with van der Waals surface area (Å²) >= 11 is 1.49. The molecule has 0 aromatic heterocycles. The van der Waals surface area contributed by atoms with E-state index in [1.54, 1.807) is 0 Å². The number of hydrogen-bond donors (Lipinski definition) is 5. The zero-order chi connectivity index (χ0) is 24.6. The molecule has 10 heteroatoms. The van der Waals surface area contributed by atoms with Gasteiger partial charge in [0.05, 0.1) is 16.3 Å². The Labute approximate surface area is 213 Å². The van der Waals surface area contributed by atoms with E-state index in [1.807, 2.05) is 59.5 Å². The zero-order valence-corrected chi connectivity index (χ0v) is 20.5. The number of aliphatic hydroxyl groups is 1. The Morgan fingerprint density at radius 2 is 1.78 bits per heavy atom. The number of aliphatic hydroxyl groups excluding tert-OH is 1. The summed E-state index contributed by atoms with van der Waals surface area (Å²) in [6.07, 6.45) is 1.40. The van der Waals surface area contributed by atoms with Crippen molar-refractivity contribution < 1.29 is 19.4 Å². The molecule has 3 saturated heterocycles. The molecule has 4 aliphatic heterocycles. The van der Waals surface area contributed by atoms with E-state index in [4.69, 9.17) is 4.74 Å². The van der Waals surface area contributed by atoms with Gasteiger partial charge in [0.15, 0.2) is 0 Å². The molecule has 3 amide bonds. The van der Waals surface area contributed by atoms with Crippen LogP contribution >= 0.6 is 11.8 Å². The zero-order valence-electron chi connectivity index (χ0n) is 19.6. The van der Waals surface area contributed by atoms with E-state index in [2.05, 4.69) is 21.3 Å². The topological polar surface area (TPSA) is 115 Å². The van der Waals surface area contributed by atoms with Gasteiger partial charge in [0.25, 0.3) is 5.91 Å². The number of benzene rings is 2. The lowest BCUT2D eigenvalue weighted by molar-refractivity contribution is -0.118. The summed E-state index contributed by atoms with van der Waals surface area (Å²) in [5, 5.41) is 22.5. The van der Waals surface area contributed by atoms with E-state index in [0.29, 0.717) is 29.3 Å². The highest BCUT2D eigenvalue weighted by atomic mass is 32.2. The minimum Gasteiger partial charge on any atom is -0.457 e. The molecule has 5 atom stereocenters. The van der Waals surface area contributed by atoms with Crippen molar-refractivity contribution in [3.8, 4) is 11.5 Å². The molecule has 188 valence electrons. The van der Waals surface area contributed by atoms with Crippen molar-refractivity contribution in [1.29, 1.82) is 0 Å². The number of anilines is 1. The normalized spacial score (nSPS) is 29.4. The molecular weight excluding hydrogens is 478 g/mol. The summed E-state index contributed by atoms with van der Waals surface area (Å²) in [6.45, 7) is 1.42. The summed E-state index contributed by atoms with van der Waals surface area (Å²) in [5.41, 5.74) is 1.50. The van der Waals surface area contributed by atoms with Crippen LogP contribution in [0.3, 0.4) is 0 Å². The fraction of sp³-hybridized carbons (Fsp3) is 0.385. The van der Waals surface area contributed by atoms with Gasteiger partial charge in [0, 0.05) is 29.8 Å². The van der Waals surface area contributed by atoms with Gasteiger partial charge in [-0.2, -0.15) is 0 Å². The first kappa shape index (κ1) is 23.4. The minimum absolute atomic E-state index is 0.0129. The van der Waals surface area contributed by atoms with E-state index < -0.39 is 6.23 Å². The lowest BCUT2D eigenvalue weighted by Crippen LogP contribution is -2.62. The minimum atomic E-state index is -0.612. The van der Waals surface area contributed by atoms with Crippen LogP contribution in [0.5, 0.6) is 11.5 Å². The van der Waals surface area contributed by atoms with E-state index >= 15 is 0 Å². The molecule has 36 heavy (non-hydrogen) atoms. The maximum atomic E-state index is 13.4. The van der Waals surface area contributed by atoms with Crippen LogP contribution in [0.4, 0.5) is 10.5 Å². The van der Waals surface area contributed by atoms with Crippen LogP contribution in [0.1, 0.15) is 19.3 Å². The third kappa shape index (κ3) is 4.45. The van der Waals surface area contributed by atoms with Crippen molar-refractivity contribution in [2.24, 2.45) is 5.92 Å². The van der Waals surface area contributed by atoms with Crippen LogP contribution in [0.25, 0.3) is 0 Å². The fourth-order valence-electron chi connectivity index (χ4n) is 5.50. The predicted molar refractivity (Wildman–Crippen MR) is 137 cm³/mol. The first-order valence-corrected chi connectivity index (χ1v) is 13.2. The molecule has 5 N–H and O–H groups in total. The number of ether oxygens (including phenoxy) is 1. The number of hydrogen-bond acceptors (Lipinski definition) is 7. The van der Waals surface area contributed by atoms with Crippen molar-refractivity contribution in [2.45, 2.75) is 42.9 Å². The molecule has 0 saturated carbocycles. The maximum Gasteiger partial charge on any atom is 0.326 e. The lowest BCUT2D eigenvalue weighted by Gasteiger charge is -2.45. The Balaban J connectivity index is 1.22. The number of urea groups is 1. The molecule has 0 aliphatic carbocycles. The molecule has 0 radical (unpaired) electrons. The number of piperidine rings is 2. The van der Waals surface area contributed by atoms with E-state index in [9.17, 15) is 14.7 Å². The Bertz CT molecular complexity index is 1170. The SMILES string of the molecule is O=C(N[C@@H]1CCN[C@@H](O)C1)C1=C2NC(=O)N(c3ccc(Oc4ccccc4)cc3)C3CCNC(S1)C23. The van der Waals surface area contributed by atoms with E-state index in [1.165, 1.54) is 11.8 Å². The fourth-order valence-corrected chi connectivity index (χ4v) is 6.90. The van der Waals surface area contributed by atoms with Gasteiger partial charge in [-0.15, -0.1) is 0 Å². The van der Waals surface area contributed by atoms with Gasteiger partial charge in [-0.1, -0.05) is 30.0 Å². The molecule has 3 unspecified atom stereocenters. The van der Waals surface area contributed by atoms with Crippen molar-refractivity contribution >= 4 is 29.4 Å². The summed E-state index contributed by atoms with van der Waals surface area (Å²) < 4.78 is 5.90. The second kappa shape index (κ2) is 9.78. The van der Waals surface area contributed by atoms with Crippen molar-refractivity contribution in [1.82, 2.24) is 21.3 Å². The Hall–Kier alpha value is -3.05. The van der Waals surface area contributed by atoms with Gasteiger partial charge in [0.2, 0.25) is 0 Å². The van der Waals surface area contributed by atoms with Gasteiger partial charge in [-0.25, -0.2) is 4.79 Å². The standard InChI is InChI=1S/C26H29N5O4S/c32-20-14-15(10-12-27-20)29-24(33)23-22-21-19(11-13-28-25(21)36-23)31(26(34)30-22)16-6-8-18(9-7-16)35-17-4-2-1-3-5-17/h1-9,15,19-21,25,27-28,32H,10-14H2,(H,29,33)(H,30,34)/t15-,19?,20+,21?,25?/m1/s1. The lowest BCUT2D eigenvalue weighted by atomic mass is 9.86. The number of nitrogens with zero attached hydrogens (tertiary/aromatic N) is 1. The molecule has 4 heterocycles. The first-order chi connectivity index (χ1) is 17.6. The van der Waals surface area contributed by atoms with Crippen molar-refractivity contribution in [2.75, 3.05) is 18.0 Å². The molecule has 0 spiro atoms. The number of para-hydroxylation sites is 1. The summed E-state index contributed by atoms with van der Waals surface area (Å²) in [4.78, 5) is 29.0. The Morgan fingerprint density at radius 1 is 1.03 bits per heavy atom. The summed E-state index contributed by atoms with van der Waals surface area (Å²) in [5.74, 6) is 1.26. The van der Waals surface area contributed by atoms with Crippen LogP contribution < -0.4 is 30.9 Å². The van der Waals surface area contributed by atoms with Gasteiger partial charge in [-0.3, -0.25) is 15.0 Å². The highest BCUT2D eigenvalue weighted by Gasteiger charge is 2.51. The highest BCUT2D eigenvalue weighted by Crippen LogP contribution is 2.48. The van der Waals surface area contributed by atoms with Crippen LogP contribution in [0.2, 0.25) is 0 Å². The summed E-state index contributed by atoms with van der Waals surface area (Å²) in [7, 11) is 0. The second-order valence-corrected chi connectivity index (χ2v) is 10.6. The quantitative estimate of drug-likeness (QED) is 0.422. The Morgan fingerprint density at radius 3 is 2.56 bits per heavy atom. The molecule has 0 bridgehead atoms. The third-order valence-corrected chi connectivity index (χ3v) is 8.51. The van der Waals surface area contributed by atoms with Gasteiger partial charge in [0.1, 0.15) is 17.7 Å². The number of carbonyl (C=O) groups is 2. The number of amides is 3. The predicted octanol–water partition coefficient (Wildman–Crippen LogP) is 2.46. The van der Waals surface area contributed by atoms with Crippen LogP contribution in [0.15, 0.2) is 65.2 Å². The number of rotatable bonds is 5. The van der Waals surface area contributed by atoms with E-state index in [-0.39, 0.29) is 35.3 Å². The van der Waals surface area contributed by atoms with Gasteiger partial charge < -0.3 is 25.8 Å². The molecule has 2 aromatic rings. The van der Waals surface area contributed by atoms with Gasteiger partial charge in [-0.05, 0) is 62.3 Å². The smallest absolute Gasteiger partial charge is 0.326 e. The van der Waals surface area contributed by atoms with Crippen molar-refractivity contribution in [3.63, 3.8) is 0 Å². The van der Waals surface area contributed by atoms with Gasteiger partial charge >= 0.3 is 6.03 Å². The molecule has 3 fully saturated rings. The van der Waals surface area contributed by atoms with E-state index in [0.717, 1.165) is 30.8 Å². The molecule has 9 nitrogen and oxygen atoms in total. The number of thioether (sulfide) groups is 1. The Kier molecular flexibility index (Phi) is 6.34. The monoisotopic (exact) mass is 507 g/mol. The number of carbonyl (C=O) groups excluding carboxylic acids is 2.